The molecule has 1 N–H and O–H groups in total. The number of halogens is 1. The molecular weight excluding hydrogens is 488 g/mol. The number of ether oxygens (including phenoxy) is 2. The smallest absolute Gasteiger partial charge is 0.264 e. The van der Waals surface area contributed by atoms with E-state index in [4.69, 9.17) is 21.1 Å². The summed E-state index contributed by atoms with van der Waals surface area (Å²) in [6.07, 6.45) is 1.44. The van der Waals surface area contributed by atoms with Gasteiger partial charge in [0.2, 0.25) is 5.91 Å². The van der Waals surface area contributed by atoms with Crippen molar-refractivity contribution in [2.24, 2.45) is 0 Å². The fourth-order valence-electron chi connectivity index (χ4n) is 3.50. The van der Waals surface area contributed by atoms with Crippen LogP contribution in [-0.2, 0) is 21.2 Å². The van der Waals surface area contributed by atoms with Crippen LogP contribution in [0.15, 0.2) is 71.6 Å². The van der Waals surface area contributed by atoms with E-state index in [1.807, 2.05) is 31.2 Å². The second-order valence-corrected chi connectivity index (χ2v) is 10.2. The van der Waals surface area contributed by atoms with Crippen LogP contribution in [0.25, 0.3) is 0 Å². The highest BCUT2D eigenvalue weighted by molar-refractivity contribution is 7.92. The van der Waals surface area contributed by atoms with Crippen LogP contribution in [-0.4, -0.2) is 41.6 Å². The van der Waals surface area contributed by atoms with Crippen molar-refractivity contribution in [2.45, 2.75) is 24.7 Å². The number of amides is 1. The molecule has 0 saturated carbocycles. The Hall–Kier alpha value is -3.23. The SMILES string of the molecule is COc1cccc(CCCNC(=O)CN(c2ccc(OC)c(Cl)c2)S(=O)(=O)c2ccc(C)cc2)c1. The monoisotopic (exact) mass is 516 g/mol. The Labute approximate surface area is 211 Å². The minimum atomic E-state index is -4.02. The number of rotatable bonds is 11. The zero-order valence-corrected chi connectivity index (χ0v) is 21.5. The van der Waals surface area contributed by atoms with Crippen LogP contribution in [0.3, 0.4) is 0 Å². The van der Waals surface area contributed by atoms with Gasteiger partial charge in [-0.1, -0.05) is 41.4 Å². The lowest BCUT2D eigenvalue weighted by atomic mass is 10.1. The molecule has 9 heteroatoms. The Morgan fingerprint density at radius 2 is 1.74 bits per heavy atom. The number of nitrogens with one attached hydrogen (secondary N) is 1. The van der Waals surface area contributed by atoms with Gasteiger partial charge in [-0.25, -0.2) is 8.42 Å². The summed E-state index contributed by atoms with van der Waals surface area (Å²) in [4.78, 5) is 12.9. The zero-order valence-electron chi connectivity index (χ0n) is 20.0. The van der Waals surface area contributed by atoms with Crippen LogP contribution < -0.4 is 19.1 Å². The number of hydrogen-bond acceptors (Lipinski definition) is 5. The molecule has 0 aromatic heterocycles. The lowest BCUT2D eigenvalue weighted by molar-refractivity contribution is -0.119. The van der Waals surface area contributed by atoms with Crippen molar-refractivity contribution in [3.63, 3.8) is 0 Å². The molecule has 3 aromatic rings. The summed E-state index contributed by atoms with van der Waals surface area (Å²) in [7, 11) is -0.935. The van der Waals surface area contributed by atoms with E-state index in [9.17, 15) is 13.2 Å². The third kappa shape index (κ3) is 6.90. The molecule has 35 heavy (non-hydrogen) atoms. The zero-order chi connectivity index (χ0) is 25.4. The van der Waals surface area contributed by atoms with Gasteiger partial charge in [0.05, 0.1) is 29.8 Å². The summed E-state index contributed by atoms with van der Waals surface area (Å²) in [5, 5.41) is 3.06. The van der Waals surface area contributed by atoms with Gasteiger partial charge in [0.25, 0.3) is 10.0 Å². The van der Waals surface area contributed by atoms with Gasteiger partial charge in [0, 0.05) is 6.54 Å². The van der Waals surface area contributed by atoms with Crippen LogP contribution in [0.2, 0.25) is 5.02 Å². The first-order chi connectivity index (χ1) is 16.7. The second kappa shape index (κ2) is 12.0. The fourth-order valence-corrected chi connectivity index (χ4v) is 5.16. The Kier molecular flexibility index (Phi) is 9.01. The van der Waals surface area contributed by atoms with E-state index in [0.717, 1.165) is 27.6 Å². The molecule has 0 fully saturated rings. The Morgan fingerprint density at radius 3 is 2.40 bits per heavy atom. The molecule has 0 radical (unpaired) electrons. The van der Waals surface area contributed by atoms with Crippen LogP contribution >= 0.6 is 11.6 Å². The quantitative estimate of drug-likeness (QED) is 0.376. The molecule has 0 heterocycles. The topological polar surface area (TPSA) is 84.9 Å². The Bertz CT molecular complexity index is 1260. The molecule has 7 nitrogen and oxygen atoms in total. The standard InChI is InChI=1S/C26H29ClN2O5S/c1-19-9-12-23(13-10-19)35(31,32)29(21-11-14-25(34-3)24(27)17-21)18-26(30)28-15-5-7-20-6-4-8-22(16-20)33-2/h4,6,8-14,16-17H,5,7,15,18H2,1-3H3,(H,28,30). The fraction of sp³-hybridized carbons (Fsp3) is 0.269. The number of nitrogens with zero attached hydrogens (tertiary/aromatic N) is 1. The van der Waals surface area contributed by atoms with Crippen LogP contribution in [0.1, 0.15) is 17.5 Å². The van der Waals surface area contributed by atoms with E-state index in [0.29, 0.717) is 18.7 Å². The first-order valence-corrected chi connectivity index (χ1v) is 12.9. The molecule has 186 valence electrons. The van der Waals surface area contributed by atoms with Crippen molar-refractivity contribution < 1.29 is 22.7 Å². The number of carbonyl (C=O) groups is 1. The summed E-state index contributed by atoms with van der Waals surface area (Å²) >= 11 is 6.25. The predicted octanol–water partition coefficient (Wildman–Crippen LogP) is 4.61. The van der Waals surface area contributed by atoms with Gasteiger partial charge in [-0.3, -0.25) is 9.10 Å². The van der Waals surface area contributed by atoms with Crippen molar-refractivity contribution >= 4 is 33.2 Å². The maximum atomic E-state index is 13.5. The lowest BCUT2D eigenvalue weighted by Crippen LogP contribution is -2.41. The van der Waals surface area contributed by atoms with E-state index in [1.54, 1.807) is 31.4 Å². The van der Waals surface area contributed by atoms with Gasteiger partial charge in [0.1, 0.15) is 18.0 Å². The van der Waals surface area contributed by atoms with Crippen LogP contribution in [0, 0.1) is 6.92 Å². The largest absolute Gasteiger partial charge is 0.497 e. The number of anilines is 1. The maximum absolute atomic E-state index is 13.5. The highest BCUT2D eigenvalue weighted by atomic mass is 35.5. The molecule has 0 saturated heterocycles. The molecule has 0 aliphatic rings. The summed E-state index contributed by atoms with van der Waals surface area (Å²) in [6.45, 7) is 1.88. The minimum absolute atomic E-state index is 0.0841. The number of methoxy groups -OCH3 is 2. The average molecular weight is 517 g/mol. The van der Waals surface area contributed by atoms with Crippen molar-refractivity contribution in [2.75, 3.05) is 31.6 Å². The third-order valence-electron chi connectivity index (χ3n) is 5.42. The van der Waals surface area contributed by atoms with E-state index in [1.165, 1.54) is 25.3 Å². The molecule has 0 aliphatic carbocycles. The minimum Gasteiger partial charge on any atom is -0.497 e. The summed E-state index contributed by atoms with van der Waals surface area (Å²) in [5.74, 6) is 0.769. The summed E-state index contributed by atoms with van der Waals surface area (Å²) < 4.78 is 38.4. The van der Waals surface area contributed by atoms with Crippen molar-refractivity contribution in [3.8, 4) is 11.5 Å². The maximum Gasteiger partial charge on any atom is 0.264 e. The molecular formula is C26H29ClN2O5S. The Balaban J connectivity index is 1.74. The molecule has 3 rings (SSSR count). The number of sulfonamides is 1. The van der Waals surface area contributed by atoms with E-state index >= 15 is 0 Å². The van der Waals surface area contributed by atoms with E-state index < -0.39 is 22.5 Å². The summed E-state index contributed by atoms with van der Waals surface area (Å²) in [6, 6.07) is 18.8. The van der Waals surface area contributed by atoms with Crippen molar-refractivity contribution in [1.29, 1.82) is 0 Å². The molecule has 0 spiro atoms. The van der Waals surface area contributed by atoms with Crippen LogP contribution in [0.5, 0.6) is 11.5 Å². The van der Waals surface area contributed by atoms with Gasteiger partial charge >= 0.3 is 0 Å². The second-order valence-electron chi connectivity index (χ2n) is 7.95. The Morgan fingerprint density at radius 1 is 1.00 bits per heavy atom. The predicted molar refractivity (Wildman–Crippen MR) is 138 cm³/mol. The number of benzene rings is 3. The van der Waals surface area contributed by atoms with E-state index in [2.05, 4.69) is 5.32 Å². The highest BCUT2D eigenvalue weighted by Gasteiger charge is 2.27. The average Bonchev–Trinajstić information content (AvgIpc) is 2.85. The normalized spacial score (nSPS) is 11.1. The molecule has 0 bridgehead atoms. The first-order valence-electron chi connectivity index (χ1n) is 11.1. The van der Waals surface area contributed by atoms with Crippen molar-refractivity contribution in [1.82, 2.24) is 5.32 Å². The third-order valence-corrected chi connectivity index (χ3v) is 7.50. The molecule has 3 aromatic carbocycles. The molecule has 0 atom stereocenters. The van der Waals surface area contributed by atoms with E-state index in [-0.39, 0.29) is 15.6 Å². The number of carbonyl (C=O) groups excluding carboxylic acids is 1. The van der Waals surface area contributed by atoms with Gasteiger partial charge in [-0.05, 0) is 67.8 Å². The van der Waals surface area contributed by atoms with Gasteiger partial charge in [0.15, 0.2) is 0 Å². The first kappa shape index (κ1) is 26.4. The number of hydrogen-bond donors (Lipinski definition) is 1. The number of aryl methyl sites for hydroxylation is 2. The summed E-state index contributed by atoms with van der Waals surface area (Å²) in [5.41, 5.74) is 2.29. The van der Waals surface area contributed by atoms with Gasteiger partial charge < -0.3 is 14.8 Å². The lowest BCUT2D eigenvalue weighted by Gasteiger charge is -2.24. The highest BCUT2D eigenvalue weighted by Crippen LogP contribution is 2.32. The van der Waals surface area contributed by atoms with Gasteiger partial charge in [-0.15, -0.1) is 0 Å². The van der Waals surface area contributed by atoms with Crippen LogP contribution in [0.4, 0.5) is 5.69 Å². The van der Waals surface area contributed by atoms with Crippen molar-refractivity contribution in [3.05, 3.63) is 82.9 Å². The molecule has 0 aliphatic heterocycles. The molecule has 1 amide bonds. The molecule has 0 unspecified atom stereocenters. The van der Waals surface area contributed by atoms with Gasteiger partial charge in [-0.2, -0.15) is 0 Å².